The molecular formula is C14H22O4. The van der Waals surface area contributed by atoms with E-state index in [0.29, 0.717) is 32.1 Å². The largest absolute Gasteiger partial charge is 0.468 e. The van der Waals surface area contributed by atoms with Crippen molar-refractivity contribution < 1.29 is 19.1 Å². The summed E-state index contributed by atoms with van der Waals surface area (Å²) in [5.74, 6) is -0.329. The van der Waals surface area contributed by atoms with E-state index < -0.39 is 11.4 Å². The molecule has 0 aromatic heterocycles. The van der Waals surface area contributed by atoms with Gasteiger partial charge in [0, 0.05) is 12.8 Å². The number of ether oxygens (including phenoxy) is 1. The highest BCUT2D eigenvalue weighted by molar-refractivity contribution is 6.03. The molecule has 0 aromatic rings. The van der Waals surface area contributed by atoms with E-state index in [1.165, 1.54) is 14.0 Å². The number of carbonyl (C=O) groups excluding carboxylic acids is 3. The molecule has 0 heterocycles. The molecule has 1 fully saturated rings. The fraction of sp³-hybridized carbons (Fsp3) is 0.786. The van der Waals surface area contributed by atoms with E-state index in [0.717, 1.165) is 19.3 Å². The number of ketones is 2. The summed E-state index contributed by atoms with van der Waals surface area (Å²) in [6.07, 6.45) is 5.17. The molecule has 0 N–H and O–H groups in total. The van der Waals surface area contributed by atoms with Crippen molar-refractivity contribution in [3.63, 3.8) is 0 Å². The molecule has 102 valence electrons. The minimum absolute atomic E-state index is 0.00426. The van der Waals surface area contributed by atoms with Crippen LogP contribution < -0.4 is 0 Å². The molecule has 18 heavy (non-hydrogen) atoms. The van der Waals surface area contributed by atoms with E-state index >= 15 is 0 Å². The summed E-state index contributed by atoms with van der Waals surface area (Å²) >= 11 is 0. The van der Waals surface area contributed by atoms with E-state index in [9.17, 15) is 14.4 Å². The van der Waals surface area contributed by atoms with Gasteiger partial charge in [-0.05, 0) is 32.6 Å². The topological polar surface area (TPSA) is 60.4 Å². The maximum Gasteiger partial charge on any atom is 0.319 e. The summed E-state index contributed by atoms with van der Waals surface area (Å²) in [4.78, 5) is 35.2. The van der Waals surface area contributed by atoms with Gasteiger partial charge in [0.1, 0.15) is 17.0 Å². The van der Waals surface area contributed by atoms with Gasteiger partial charge in [-0.15, -0.1) is 0 Å². The first kappa shape index (κ1) is 14.9. The molecule has 1 saturated carbocycles. The van der Waals surface area contributed by atoms with Crippen molar-refractivity contribution >= 4 is 17.5 Å². The number of esters is 1. The fourth-order valence-electron chi connectivity index (χ4n) is 2.68. The molecule has 1 rings (SSSR count). The van der Waals surface area contributed by atoms with E-state index in [4.69, 9.17) is 4.74 Å². The molecule has 0 saturated heterocycles. The van der Waals surface area contributed by atoms with Gasteiger partial charge in [0.25, 0.3) is 0 Å². The molecular weight excluding hydrogens is 232 g/mol. The number of rotatable bonds is 5. The first-order valence-electron chi connectivity index (χ1n) is 6.64. The van der Waals surface area contributed by atoms with E-state index in [2.05, 4.69) is 0 Å². The molecule has 1 unspecified atom stereocenters. The van der Waals surface area contributed by atoms with Gasteiger partial charge in [-0.25, -0.2) is 0 Å². The summed E-state index contributed by atoms with van der Waals surface area (Å²) in [5, 5.41) is 0. The Hall–Kier alpha value is -1.19. The summed E-state index contributed by atoms with van der Waals surface area (Å²) in [7, 11) is 1.33. The van der Waals surface area contributed by atoms with Crippen LogP contribution in [0.1, 0.15) is 58.3 Å². The van der Waals surface area contributed by atoms with Crippen molar-refractivity contribution in [2.45, 2.75) is 58.3 Å². The van der Waals surface area contributed by atoms with Gasteiger partial charge >= 0.3 is 5.97 Å². The van der Waals surface area contributed by atoms with Crippen molar-refractivity contribution in [3.05, 3.63) is 0 Å². The zero-order valence-electron chi connectivity index (χ0n) is 11.3. The monoisotopic (exact) mass is 254 g/mol. The maximum atomic E-state index is 12.2. The second-order valence-electron chi connectivity index (χ2n) is 5.11. The summed E-state index contributed by atoms with van der Waals surface area (Å²) in [6, 6.07) is 0. The van der Waals surface area contributed by atoms with Crippen LogP contribution >= 0.6 is 0 Å². The van der Waals surface area contributed by atoms with E-state index in [1.807, 2.05) is 0 Å². The van der Waals surface area contributed by atoms with Crippen molar-refractivity contribution in [1.82, 2.24) is 0 Å². The number of hydrogen-bond donors (Lipinski definition) is 0. The SMILES string of the molecule is COC(=O)C1(CCCC(C)=O)CCCCCC1=O. The minimum atomic E-state index is -0.985. The lowest BCUT2D eigenvalue weighted by Gasteiger charge is -2.28. The van der Waals surface area contributed by atoms with E-state index in [1.54, 1.807) is 0 Å². The maximum absolute atomic E-state index is 12.2. The minimum Gasteiger partial charge on any atom is -0.468 e. The van der Waals surface area contributed by atoms with Crippen molar-refractivity contribution in [2.75, 3.05) is 7.11 Å². The summed E-state index contributed by atoms with van der Waals surface area (Å²) in [6.45, 7) is 1.53. The Balaban J connectivity index is 2.82. The zero-order chi connectivity index (χ0) is 13.6. The lowest BCUT2D eigenvalue weighted by molar-refractivity contribution is -0.159. The Morgan fingerprint density at radius 1 is 1.28 bits per heavy atom. The Bertz CT molecular complexity index is 335. The smallest absolute Gasteiger partial charge is 0.319 e. The molecule has 1 aliphatic rings. The molecule has 1 atom stereocenters. The lowest BCUT2D eigenvalue weighted by Crippen LogP contribution is -2.39. The molecule has 0 aliphatic heterocycles. The highest BCUT2D eigenvalue weighted by Crippen LogP contribution is 2.38. The van der Waals surface area contributed by atoms with Crippen LogP contribution in [0.15, 0.2) is 0 Å². The van der Waals surface area contributed by atoms with Crippen LogP contribution in [-0.4, -0.2) is 24.6 Å². The molecule has 0 radical (unpaired) electrons. The van der Waals surface area contributed by atoms with Crippen LogP contribution in [0.2, 0.25) is 0 Å². The molecule has 4 nitrogen and oxygen atoms in total. The van der Waals surface area contributed by atoms with Crippen molar-refractivity contribution in [3.8, 4) is 0 Å². The predicted molar refractivity (Wildman–Crippen MR) is 67.1 cm³/mol. The van der Waals surface area contributed by atoms with Crippen LogP contribution in [0.5, 0.6) is 0 Å². The summed E-state index contributed by atoms with van der Waals surface area (Å²) in [5.41, 5.74) is -0.985. The number of Topliss-reactive ketones (excluding diaryl/α,β-unsaturated/α-hetero) is 2. The first-order valence-corrected chi connectivity index (χ1v) is 6.64. The van der Waals surface area contributed by atoms with Crippen molar-refractivity contribution in [1.29, 1.82) is 0 Å². The highest BCUT2D eigenvalue weighted by atomic mass is 16.5. The van der Waals surface area contributed by atoms with Gasteiger partial charge in [-0.1, -0.05) is 12.8 Å². The lowest BCUT2D eigenvalue weighted by atomic mass is 9.75. The normalized spacial score (nSPS) is 24.4. The molecule has 0 bridgehead atoms. The van der Waals surface area contributed by atoms with Crippen LogP contribution in [0.3, 0.4) is 0 Å². The predicted octanol–water partition coefficient (Wildman–Crippen LogP) is 2.44. The van der Waals surface area contributed by atoms with Crippen LogP contribution in [0.4, 0.5) is 0 Å². The molecule has 4 heteroatoms. The van der Waals surface area contributed by atoms with Gasteiger partial charge in [0.05, 0.1) is 7.11 Å². The Labute approximate surface area is 108 Å². The Morgan fingerprint density at radius 2 is 2.00 bits per heavy atom. The zero-order valence-corrected chi connectivity index (χ0v) is 11.3. The van der Waals surface area contributed by atoms with Gasteiger partial charge in [-0.2, -0.15) is 0 Å². The number of hydrogen-bond acceptors (Lipinski definition) is 4. The van der Waals surface area contributed by atoms with E-state index in [-0.39, 0.29) is 11.6 Å². The van der Waals surface area contributed by atoms with Gasteiger partial charge in [-0.3, -0.25) is 9.59 Å². The van der Waals surface area contributed by atoms with Gasteiger partial charge < -0.3 is 9.53 Å². The third-order valence-electron chi connectivity index (χ3n) is 3.75. The quantitative estimate of drug-likeness (QED) is 0.429. The highest BCUT2D eigenvalue weighted by Gasteiger charge is 2.45. The number of carbonyl (C=O) groups is 3. The average molecular weight is 254 g/mol. The first-order chi connectivity index (χ1) is 8.53. The van der Waals surface area contributed by atoms with Gasteiger partial charge in [0.15, 0.2) is 0 Å². The van der Waals surface area contributed by atoms with Crippen LogP contribution in [-0.2, 0) is 19.1 Å². The average Bonchev–Trinajstić information content (AvgIpc) is 2.51. The second kappa shape index (κ2) is 6.66. The van der Waals surface area contributed by atoms with Crippen LogP contribution in [0, 0.1) is 5.41 Å². The molecule has 1 aliphatic carbocycles. The second-order valence-corrected chi connectivity index (χ2v) is 5.11. The third-order valence-corrected chi connectivity index (χ3v) is 3.75. The number of methoxy groups -OCH3 is 1. The molecule has 0 spiro atoms. The van der Waals surface area contributed by atoms with Crippen molar-refractivity contribution in [2.24, 2.45) is 5.41 Å². The standard InChI is InChI=1S/C14H22O4/c1-11(15)7-6-10-14(13(17)18-2)9-5-3-4-8-12(14)16/h3-10H2,1-2H3. The van der Waals surface area contributed by atoms with Crippen LogP contribution in [0.25, 0.3) is 0 Å². The Kier molecular flexibility index (Phi) is 5.51. The summed E-state index contributed by atoms with van der Waals surface area (Å²) < 4.78 is 4.83. The molecule has 0 aromatic carbocycles. The third kappa shape index (κ3) is 3.40. The fourth-order valence-corrected chi connectivity index (χ4v) is 2.68. The Morgan fingerprint density at radius 3 is 2.61 bits per heavy atom. The van der Waals surface area contributed by atoms with Gasteiger partial charge in [0.2, 0.25) is 0 Å². The molecule has 0 amide bonds.